The molecular weight excluding hydrogens is 366 g/mol. The summed E-state index contributed by atoms with van der Waals surface area (Å²) in [4.78, 5) is 15.3. The average molecular weight is 393 g/mol. The molecule has 0 aliphatic carbocycles. The first-order valence-corrected chi connectivity index (χ1v) is 10.6. The van der Waals surface area contributed by atoms with Gasteiger partial charge in [-0.3, -0.25) is 0 Å². The lowest BCUT2D eigenvalue weighted by Crippen LogP contribution is -3.12. The molecule has 0 radical (unpaired) electrons. The van der Waals surface area contributed by atoms with Crippen molar-refractivity contribution < 1.29 is 9.69 Å². The highest BCUT2D eigenvalue weighted by Crippen LogP contribution is 2.19. The van der Waals surface area contributed by atoms with E-state index in [1.807, 2.05) is 31.2 Å². The van der Waals surface area contributed by atoms with Crippen LogP contribution in [0.4, 0.5) is 10.5 Å². The van der Waals surface area contributed by atoms with Crippen LogP contribution in [-0.4, -0.2) is 19.1 Å². The summed E-state index contributed by atoms with van der Waals surface area (Å²) in [6, 6.07) is 21.0. The minimum atomic E-state index is -0.149. The van der Waals surface area contributed by atoms with Gasteiger partial charge in [-0.2, -0.15) is 0 Å². The predicted molar refractivity (Wildman–Crippen MR) is 115 cm³/mol. The Labute approximate surface area is 170 Å². The van der Waals surface area contributed by atoms with Gasteiger partial charge >= 0.3 is 6.03 Å². The van der Waals surface area contributed by atoms with E-state index in [9.17, 15) is 4.79 Å². The van der Waals surface area contributed by atoms with Crippen molar-refractivity contribution in [2.75, 3.05) is 18.4 Å². The van der Waals surface area contributed by atoms with Crippen molar-refractivity contribution in [1.82, 2.24) is 5.32 Å². The zero-order valence-electron chi connectivity index (χ0n) is 16.1. The molecule has 2 atom stereocenters. The van der Waals surface area contributed by atoms with Gasteiger partial charge in [-0.05, 0) is 41.6 Å². The Hall–Kier alpha value is -2.63. The highest BCUT2D eigenvalue weighted by molar-refractivity contribution is 7.10. The number of urea groups is 1. The summed E-state index contributed by atoms with van der Waals surface area (Å²) in [5.41, 5.74) is 4.84. The maximum Gasteiger partial charge on any atom is 0.319 e. The second-order valence-electron chi connectivity index (χ2n) is 7.38. The number of anilines is 1. The Morgan fingerprint density at radius 1 is 1.11 bits per heavy atom. The molecule has 0 fully saturated rings. The lowest BCUT2D eigenvalue weighted by Gasteiger charge is -2.32. The van der Waals surface area contributed by atoms with Crippen LogP contribution in [0.3, 0.4) is 0 Å². The Balaban J connectivity index is 1.43. The summed E-state index contributed by atoms with van der Waals surface area (Å²) >= 11 is 1.77. The van der Waals surface area contributed by atoms with E-state index < -0.39 is 0 Å². The highest BCUT2D eigenvalue weighted by atomic mass is 32.1. The third-order valence-corrected chi connectivity index (χ3v) is 6.36. The summed E-state index contributed by atoms with van der Waals surface area (Å²) in [7, 11) is 0. The summed E-state index contributed by atoms with van der Waals surface area (Å²) in [6.07, 6.45) is 1.09. The van der Waals surface area contributed by atoms with E-state index in [0.29, 0.717) is 6.54 Å². The van der Waals surface area contributed by atoms with Crippen LogP contribution in [0, 0.1) is 6.92 Å². The van der Waals surface area contributed by atoms with E-state index in [4.69, 9.17) is 0 Å². The first kappa shape index (κ1) is 18.7. The maximum absolute atomic E-state index is 12.5. The molecule has 28 heavy (non-hydrogen) atoms. The summed E-state index contributed by atoms with van der Waals surface area (Å²) in [5, 5.41) is 8.16. The molecular formula is C23H26N3OS+. The quantitative estimate of drug-likeness (QED) is 0.611. The lowest BCUT2D eigenvalue weighted by atomic mass is 9.98. The number of amides is 2. The van der Waals surface area contributed by atoms with E-state index in [-0.39, 0.29) is 12.1 Å². The zero-order chi connectivity index (χ0) is 19.3. The van der Waals surface area contributed by atoms with Crippen LogP contribution >= 0.6 is 11.3 Å². The van der Waals surface area contributed by atoms with Crippen LogP contribution in [-0.2, 0) is 13.0 Å². The number of nitrogens with one attached hydrogen (secondary N) is 3. The third-order valence-electron chi connectivity index (χ3n) is 5.37. The third kappa shape index (κ3) is 4.43. The minimum Gasteiger partial charge on any atom is -0.331 e. The number of hydrogen-bond acceptors (Lipinski definition) is 2. The minimum absolute atomic E-state index is 0.149. The van der Waals surface area contributed by atoms with Crippen LogP contribution in [0.2, 0.25) is 0 Å². The number of carbonyl (C=O) groups excluding carboxylic acids is 1. The largest absolute Gasteiger partial charge is 0.331 e. The van der Waals surface area contributed by atoms with E-state index in [1.165, 1.54) is 20.9 Å². The monoisotopic (exact) mass is 392 g/mol. The molecule has 2 heterocycles. The number of fused-ring (bicyclic) bond motifs is 1. The molecule has 144 valence electrons. The van der Waals surface area contributed by atoms with Crippen molar-refractivity contribution in [3.05, 3.63) is 87.6 Å². The van der Waals surface area contributed by atoms with Gasteiger partial charge in [0.05, 0.1) is 18.0 Å². The molecule has 1 unspecified atom stereocenters. The van der Waals surface area contributed by atoms with Crippen molar-refractivity contribution >= 4 is 23.1 Å². The van der Waals surface area contributed by atoms with Gasteiger partial charge in [-0.25, -0.2) is 4.79 Å². The smallest absolute Gasteiger partial charge is 0.319 e. The number of rotatable bonds is 5. The van der Waals surface area contributed by atoms with Crippen LogP contribution in [0.5, 0.6) is 0 Å². The molecule has 2 aromatic carbocycles. The SMILES string of the molecule is Cc1cccc(NC(=O)NC[C@H](c2cccs2)[NH+]2CCc3ccccc3C2)c1. The van der Waals surface area contributed by atoms with Gasteiger partial charge in [-0.15, -0.1) is 11.3 Å². The number of carbonyl (C=O) groups is 1. The summed E-state index contributed by atoms with van der Waals surface area (Å²) in [6.45, 7) is 4.73. The van der Waals surface area contributed by atoms with Gasteiger partial charge in [0.25, 0.3) is 0 Å². The summed E-state index contributed by atoms with van der Waals surface area (Å²) < 4.78 is 0. The molecule has 4 nitrogen and oxygen atoms in total. The molecule has 1 aliphatic rings. The van der Waals surface area contributed by atoms with Crippen molar-refractivity contribution in [2.45, 2.75) is 25.9 Å². The molecule has 5 heteroatoms. The van der Waals surface area contributed by atoms with Gasteiger partial charge in [-0.1, -0.05) is 42.5 Å². The Kier molecular flexibility index (Phi) is 5.74. The number of aryl methyl sites for hydroxylation is 1. The van der Waals surface area contributed by atoms with Crippen molar-refractivity contribution in [3.63, 3.8) is 0 Å². The van der Waals surface area contributed by atoms with Crippen molar-refractivity contribution in [3.8, 4) is 0 Å². The molecule has 4 rings (SSSR count). The standard InChI is InChI=1S/C23H25N3OS/c1-17-6-4-9-20(14-17)25-23(27)24-15-21(22-10-5-13-28-22)26-12-11-18-7-2-3-8-19(18)16-26/h2-10,13-14,21H,11-12,15-16H2,1H3,(H2,24,25,27)/p+1/t21-/m1/s1. The zero-order valence-corrected chi connectivity index (χ0v) is 16.9. The molecule has 1 aromatic heterocycles. The Bertz CT molecular complexity index is 939. The van der Waals surface area contributed by atoms with Crippen molar-refractivity contribution in [1.29, 1.82) is 0 Å². The van der Waals surface area contributed by atoms with Gasteiger partial charge in [0.1, 0.15) is 12.6 Å². The average Bonchev–Trinajstić information content (AvgIpc) is 3.22. The molecule has 0 spiro atoms. The van der Waals surface area contributed by atoms with Gasteiger partial charge in [0.15, 0.2) is 0 Å². The second-order valence-corrected chi connectivity index (χ2v) is 8.36. The first-order valence-electron chi connectivity index (χ1n) is 9.75. The van der Waals surface area contributed by atoms with E-state index in [1.54, 1.807) is 11.3 Å². The molecule has 3 N–H and O–H groups in total. The van der Waals surface area contributed by atoms with E-state index >= 15 is 0 Å². The molecule has 2 amide bonds. The van der Waals surface area contributed by atoms with Gasteiger partial charge in [0, 0.05) is 17.7 Å². The predicted octanol–water partition coefficient (Wildman–Crippen LogP) is 3.56. The first-order chi connectivity index (χ1) is 13.7. The van der Waals surface area contributed by atoms with Crippen LogP contribution in [0.1, 0.15) is 27.6 Å². The fraction of sp³-hybridized carbons (Fsp3) is 0.261. The normalized spacial score (nSPS) is 16.8. The molecule has 0 saturated heterocycles. The topological polar surface area (TPSA) is 45.6 Å². The van der Waals surface area contributed by atoms with Gasteiger partial charge in [0.2, 0.25) is 0 Å². The maximum atomic E-state index is 12.5. The number of benzene rings is 2. The van der Waals surface area contributed by atoms with Gasteiger partial charge < -0.3 is 15.5 Å². The molecule has 1 aliphatic heterocycles. The van der Waals surface area contributed by atoms with Crippen LogP contribution < -0.4 is 15.5 Å². The second kappa shape index (κ2) is 8.59. The number of hydrogen-bond donors (Lipinski definition) is 3. The molecule has 0 saturated carbocycles. The van der Waals surface area contributed by atoms with Crippen LogP contribution in [0.15, 0.2) is 66.0 Å². The molecule has 0 bridgehead atoms. The summed E-state index contributed by atoms with van der Waals surface area (Å²) in [5.74, 6) is 0. The van der Waals surface area contributed by atoms with Crippen molar-refractivity contribution in [2.24, 2.45) is 0 Å². The van der Waals surface area contributed by atoms with E-state index in [2.05, 4.69) is 52.4 Å². The Morgan fingerprint density at radius 3 is 2.75 bits per heavy atom. The van der Waals surface area contributed by atoms with Crippen LogP contribution in [0.25, 0.3) is 0 Å². The number of quaternary nitrogens is 1. The lowest BCUT2D eigenvalue weighted by molar-refractivity contribution is -0.945. The number of thiophene rings is 1. The molecule has 3 aromatic rings. The fourth-order valence-corrected chi connectivity index (χ4v) is 4.81. The fourth-order valence-electron chi connectivity index (χ4n) is 3.93. The van der Waals surface area contributed by atoms with E-state index in [0.717, 1.165) is 30.8 Å². The highest BCUT2D eigenvalue weighted by Gasteiger charge is 2.29. The Morgan fingerprint density at radius 2 is 1.96 bits per heavy atom.